The molecule has 0 aromatic heterocycles. The van der Waals surface area contributed by atoms with Gasteiger partial charge in [0, 0.05) is 4.90 Å². The van der Waals surface area contributed by atoms with Gasteiger partial charge in [-0.15, -0.1) is 0 Å². The Kier molecular flexibility index (Phi) is 2.12. The Morgan fingerprint density at radius 1 is 1.31 bits per heavy atom. The Morgan fingerprint density at radius 3 is 2.69 bits per heavy atom. The molecule has 1 atom stereocenters. The van der Waals surface area contributed by atoms with E-state index in [1.807, 2.05) is 0 Å². The first kappa shape index (κ1) is 9.10. The van der Waals surface area contributed by atoms with Gasteiger partial charge in [0.05, 0.1) is 5.54 Å². The van der Waals surface area contributed by atoms with Crippen molar-refractivity contribution in [2.45, 2.75) is 31.2 Å². The quantitative estimate of drug-likeness (QED) is 0.688. The second-order valence-corrected chi connectivity index (χ2v) is 4.91. The Morgan fingerprint density at radius 2 is 2.00 bits per heavy atom. The molecule has 0 fully saturated rings. The number of nitrogens with one attached hydrogen (secondary N) is 1. The molecular weight excluding hydrogens is 178 g/mol. The third kappa shape index (κ3) is 1.29. The third-order valence-electron chi connectivity index (χ3n) is 2.97. The zero-order chi connectivity index (χ0) is 9.47. The third-order valence-corrected chi connectivity index (χ3v) is 4.08. The van der Waals surface area contributed by atoms with Crippen LogP contribution in [0.5, 0.6) is 0 Å². The van der Waals surface area contributed by atoms with Crippen LogP contribution in [-0.2, 0) is 5.54 Å². The molecule has 70 valence electrons. The Balaban J connectivity index is 2.49. The molecule has 2 rings (SSSR count). The minimum absolute atomic E-state index is 0.140. The molecular formula is C11H15NS. The Hall–Kier alpha value is -0.470. The van der Waals surface area contributed by atoms with E-state index in [4.69, 9.17) is 0 Å². The fraction of sp³-hybridized carbons (Fsp3) is 0.455. The second kappa shape index (κ2) is 3.03. The van der Waals surface area contributed by atoms with E-state index in [1.165, 1.54) is 10.5 Å². The zero-order valence-corrected chi connectivity index (χ0v) is 9.11. The number of hydrogen-bond acceptors (Lipinski definition) is 2. The lowest BCUT2D eigenvalue weighted by Gasteiger charge is -2.29. The van der Waals surface area contributed by atoms with Gasteiger partial charge in [-0.05, 0) is 36.4 Å². The molecule has 1 aromatic carbocycles. The van der Waals surface area contributed by atoms with Crippen LogP contribution in [0.2, 0.25) is 0 Å². The maximum atomic E-state index is 3.51. The van der Waals surface area contributed by atoms with Gasteiger partial charge in [-0.2, -0.15) is 0 Å². The van der Waals surface area contributed by atoms with E-state index in [0.717, 1.165) is 0 Å². The van der Waals surface area contributed by atoms with Crippen LogP contribution in [-0.4, -0.2) is 0 Å². The summed E-state index contributed by atoms with van der Waals surface area (Å²) in [7, 11) is 0. The monoisotopic (exact) mass is 193 g/mol. The Bertz CT molecular complexity index is 322. The average Bonchev–Trinajstić information content (AvgIpc) is 2.47. The van der Waals surface area contributed by atoms with Crippen molar-refractivity contribution in [2.24, 2.45) is 5.92 Å². The normalized spacial score (nSPS) is 26.5. The predicted octanol–water partition coefficient (Wildman–Crippen LogP) is 3.17. The lowest BCUT2D eigenvalue weighted by Crippen LogP contribution is -2.36. The van der Waals surface area contributed by atoms with Gasteiger partial charge < -0.3 is 0 Å². The van der Waals surface area contributed by atoms with Gasteiger partial charge in [0.15, 0.2) is 0 Å². The molecule has 1 nitrogen and oxygen atoms in total. The van der Waals surface area contributed by atoms with Crippen molar-refractivity contribution in [3.05, 3.63) is 29.8 Å². The first-order valence-electron chi connectivity index (χ1n) is 4.68. The maximum absolute atomic E-state index is 3.51. The van der Waals surface area contributed by atoms with Crippen LogP contribution in [0, 0.1) is 5.92 Å². The fourth-order valence-electron chi connectivity index (χ4n) is 1.63. The highest BCUT2D eigenvalue weighted by molar-refractivity contribution is 7.97. The lowest BCUT2D eigenvalue weighted by atomic mass is 9.83. The van der Waals surface area contributed by atoms with Crippen LogP contribution < -0.4 is 4.72 Å². The smallest absolute Gasteiger partial charge is 0.0540 e. The summed E-state index contributed by atoms with van der Waals surface area (Å²) in [5.41, 5.74) is 1.58. The minimum Gasteiger partial charge on any atom is -0.249 e. The van der Waals surface area contributed by atoms with Gasteiger partial charge in [0.25, 0.3) is 0 Å². The van der Waals surface area contributed by atoms with Crippen LogP contribution in [0.1, 0.15) is 26.3 Å². The van der Waals surface area contributed by atoms with Crippen molar-refractivity contribution >= 4 is 11.9 Å². The first-order valence-corrected chi connectivity index (χ1v) is 5.50. The second-order valence-electron chi connectivity index (χ2n) is 4.06. The van der Waals surface area contributed by atoms with Crippen LogP contribution in [0.25, 0.3) is 0 Å². The summed E-state index contributed by atoms with van der Waals surface area (Å²) in [5.74, 6) is 0.614. The lowest BCUT2D eigenvalue weighted by molar-refractivity contribution is 0.328. The zero-order valence-electron chi connectivity index (χ0n) is 8.29. The van der Waals surface area contributed by atoms with E-state index in [-0.39, 0.29) is 5.54 Å². The maximum Gasteiger partial charge on any atom is 0.0540 e. The first-order chi connectivity index (χ1) is 6.14. The molecule has 2 heteroatoms. The standard InChI is InChI=1S/C11H15NS/c1-8(2)11(3)9-6-4-5-7-10(9)13-12-11/h4-8,12H,1-3H3. The van der Waals surface area contributed by atoms with Crippen LogP contribution in [0.4, 0.5) is 0 Å². The van der Waals surface area contributed by atoms with Crippen LogP contribution in [0.3, 0.4) is 0 Å². The van der Waals surface area contributed by atoms with Gasteiger partial charge in [-0.25, -0.2) is 4.72 Å². The average molecular weight is 193 g/mol. The van der Waals surface area contributed by atoms with Gasteiger partial charge in [0.1, 0.15) is 0 Å². The molecule has 0 radical (unpaired) electrons. The van der Waals surface area contributed by atoms with Crippen molar-refractivity contribution in [2.75, 3.05) is 0 Å². The van der Waals surface area contributed by atoms with Crippen LogP contribution in [0.15, 0.2) is 29.2 Å². The SMILES string of the molecule is CC(C)C1(C)NSc2ccccc21. The molecule has 1 heterocycles. The van der Waals surface area contributed by atoms with E-state index in [2.05, 4.69) is 49.8 Å². The highest BCUT2D eigenvalue weighted by Gasteiger charge is 2.36. The summed E-state index contributed by atoms with van der Waals surface area (Å²) in [6.07, 6.45) is 0. The van der Waals surface area contributed by atoms with Crippen molar-refractivity contribution in [3.63, 3.8) is 0 Å². The molecule has 1 aromatic rings. The Labute approximate surface area is 84.1 Å². The van der Waals surface area contributed by atoms with Gasteiger partial charge >= 0.3 is 0 Å². The summed E-state index contributed by atoms with van der Waals surface area (Å²) >= 11 is 1.75. The molecule has 0 spiro atoms. The number of benzene rings is 1. The molecule has 13 heavy (non-hydrogen) atoms. The number of fused-ring (bicyclic) bond motifs is 1. The molecule has 1 aliphatic rings. The van der Waals surface area contributed by atoms with E-state index in [9.17, 15) is 0 Å². The van der Waals surface area contributed by atoms with Gasteiger partial charge in [-0.1, -0.05) is 32.0 Å². The summed E-state index contributed by atoms with van der Waals surface area (Å²) < 4.78 is 3.51. The molecule has 0 bridgehead atoms. The summed E-state index contributed by atoms with van der Waals surface area (Å²) in [4.78, 5) is 1.37. The topological polar surface area (TPSA) is 12.0 Å². The fourth-order valence-corrected chi connectivity index (χ4v) is 2.83. The van der Waals surface area contributed by atoms with Crippen molar-refractivity contribution < 1.29 is 0 Å². The highest BCUT2D eigenvalue weighted by atomic mass is 32.2. The summed E-state index contributed by atoms with van der Waals surface area (Å²) in [6, 6.07) is 8.62. The van der Waals surface area contributed by atoms with E-state index in [1.54, 1.807) is 11.9 Å². The molecule has 0 saturated heterocycles. The van der Waals surface area contributed by atoms with Crippen LogP contribution >= 0.6 is 11.9 Å². The summed E-state index contributed by atoms with van der Waals surface area (Å²) in [5, 5.41) is 0. The van der Waals surface area contributed by atoms with Gasteiger partial charge in [0.2, 0.25) is 0 Å². The van der Waals surface area contributed by atoms with E-state index >= 15 is 0 Å². The number of rotatable bonds is 1. The van der Waals surface area contributed by atoms with Crippen molar-refractivity contribution in [1.82, 2.24) is 4.72 Å². The molecule has 0 amide bonds. The number of hydrogen-bond donors (Lipinski definition) is 1. The van der Waals surface area contributed by atoms with E-state index in [0.29, 0.717) is 5.92 Å². The van der Waals surface area contributed by atoms with Gasteiger partial charge in [-0.3, -0.25) is 0 Å². The highest BCUT2D eigenvalue weighted by Crippen LogP contribution is 2.43. The molecule has 0 aliphatic carbocycles. The molecule has 1 unspecified atom stereocenters. The molecule has 1 N–H and O–H groups in total. The van der Waals surface area contributed by atoms with Crippen molar-refractivity contribution in [1.29, 1.82) is 0 Å². The molecule has 1 aliphatic heterocycles. The molecule has 0 saturated carbocycles. The van der Waals surface area contributed by atoms with Crippen molar-refractivity contribution in [3.8, 4) is 0 Å². The minimum atomic E-state index is 0.140. The largest absolute Gasteiger partial charge is 0.249 e. The predicted molar refractivity (Wildman–Crippen MR) is 57.6 cm³/mol. The summed E-state index contributed by atoms with van der Waals surface area (Å²) in [6.45, 7) is 6.79. The van der Waals surface area contributed by atoms with E-state index < -0.39 is 0 Å².